The molecule has 6 heteroatoms. The second kappa shape index (κ2) is 8.52. The van der Waals surface area contributed by atoms with Crippen LogP contribution in [0.2, 0.25) is 0 Å². The third-order valence-electron chi connectivity index (χ3n) is 6.90. The first-order chi connectivity index (χ1) is 14.4. The number of ether oxygens (including phenoxy) is 2. The molecule has 2 aliphatic heterocycles. The number of esters is 1. The van der Waals surface area contributed by atoms with Crippen molar-refractivity contribution in [3.05, 3.63) is 47.5 Å². The Morgan fingerprint density at radius 2 is 2.10 bits per heavy atom. The fourth-order valence-corrected chi connectivity index (χ4v) is 4.94. The van der Waals surface area contributed by atoms with Gasteiger partial charge in [0.25, 0.3) is 0 Å². The van der Waals surface area contributed by atoms with Gasteiger partial charge in [-0.1, -0.05) is 42.0 Å². The lowest BCUT2D eigenvalue weighted by atomic mass is 9.80. The smallest absolute Gasteiger partial charge is 0.321 e. The first-order valence-electron chi connectivity index (χ1n) is 10.9. The van der Waals surface area contributed by atoms with Crippen LogP contribution in [0.5, 0.6) is 0 Å². The van der Waals surface area contributed by atoms with Crippen LogP contribution in [0.15, 0.2) is 42.0 Å². The number of allylic oxidation sites excluding steroid dienone is 2. The van der Waals surface area contributed by atoms with E-state index >= 15 is 0 Å². The first kappa shape index (κ1) is 21.1. The quantitative estimate of drug-likeness (QED) is 0.423. The van der Waals surface area contributed by atoms with Gasteiger partial charge in [0.05, 0.1) is 11.5 Å². The molecule has 162 valence electrons. The Morgan fingerprint density at radius 3 is 2.83 bits per heavy atom. The van der Waals surface area contributed by atoms with Gasteiger partial charge >= 0.3 is 11.9 Å². The van der Waals surface area contributed by atoms with E-state index in [0.29, 0.717) is 13.0 Å². The Balaban J connectivity index is 1.46. The van der Waals surface area contributed by atoms with Gasteiger partial charge in [0.1, 0.15) is 18.2 Å². The van der Waals surface area contributed by atoms with Gasteiger partial charge in [-0.25, -0.2) is 0 Å². The van der Waals surface area contributed by atoms with Crippen molar-refractivity contribution in [3.63, 3.8) is 0 Å². The molecule has 4 rings (SSSR count). The van der Waals surface area contributed by atoms with Crippen LogP contribution < -0.4 is 5.32 Å². The average Bonchev–Trinajstić information content (AvgIpc) is 3.28. The number of aliphatic carboxylic acids is 1. The Labute approximate surface area is 177 Å². The maximum absolute atomic E-state index is 12.7. The normalized spacial score (nSPS) is 35.9. The van der Waals surface area contributed by atoms with E-state index in [1.807, 2.05) is 30.3 Å². The van der Waals surface area contributed by atoms with Crippen molar-refractivity contribution in [3.8, 4) is 0 Å². The Morgan fingerprint density at radius 1 is 1.33 bits per heavy atom. The largest absolute Gasteiger partial charge is 0.480 e. The molecule has 0 radical (unpaired) electrons. The molecule has 0 bridgehead atoms. The zero-order chi connectivity index (χ0) is 21.3. The molecular formula is C24H31NO5. The summed E-state index contributed by atoms with van der Waals surface area (Å²) in [5.41, 5.74) is 2.05. The minimum absolute atomic E-state index is 0.0319. The molecule has 6 atom stereocenters. The lowest BCUT2D eigenvalue weighted by Crippen LogP contribution is -2.43. The number of fused-ring (bicyclic) bond motifs is 3. The molecule has 2 N–H and O–H groups in total. The van der Waals surface area contributed by atoms with Crippen LogP contribution in [0.1, 0.15) is 45.1 Å². The maximum Gasteiger partial charge on any atom is 0.321 e. The summed E-state index contributed by atoms with van der Waals surface area (Å²) in [4.78, 5) is 24.5. The van der Waals surface area contributed by atoms with Crippen LogP contribution in [0.25, 0.3) is 0 Å². The maximum atomic E-state index is 12.7. The van der Waals surface area contributed by atoms with E-state index < -0.39 is 12.0 Å². The molecule has 0 aromatic heterocycles. The number of hydrogen-bond donors (Lipinski definition) is 2. The summed E-state index contributed by atoms with van der Waals surface area (Å²) in [5, 5.41) is 12.8. The van der Waals surface area contributed by atoms with Gasteiger partial charge in [0.2, 0.25) is 0 Å². The Hall–Kier alpha value is -2.18. The molecule has 0 unspecified atom stereocenters. The van der Waals surface area contributed by atoms with Crippen molar-refractivity contribution >= 4 is 11.9 Å². The van der Waals surface area contributed by atoms with E-state index in [2.05, 4.69) is 25.2 Å². The summed E-state index contributed by atoms with van der Waals surface area (Å²) in [6, 6.07) is 8.79. The average molecular weight is 414 g/mol. The molecule has 30 heavy (non-hydrogen) atoms. The zero-order valence-corrected chi connectivity index (χ0v) is 17.7. The highest BCUT2D eigenvalue weighted by Gasteiger charge is 2.62. The van der Waals surface area contributed by atoms with Gasteiger partial charge in [0, 0.05) is 12.5 Å². The van der Waals surface area contributed by atoms with Gasteiger partial charge in [-0.3, -0.25) is 9.59 Å². The minimum Gasteiger partial charge on any atom is -0.480 e. The van der Waals surface area contributed by atoms with Crippen LogP contribution in [0.4, 0.5) is 0 Å². The van der Waals surface area contributed by atoms with Crippen molar-refractivity contribution in [1.82, 2.24) is 5.32 Å². The summed E-state index contributed by atoms with van der Waals surface area (Å²) in [6.07, 6.45) is 6.03. The molecule has 3 aliphatic rings. The Bertz CT molecular complexity index is 822. The number of rotatable bonds is 6. The van der Waals surface area contributed by atoms with E-state index in [1.54, 1.807) is 0 Å². The van der Waals surface area contributed by atoms with Crippen LogP contribution in [0.3, 0.4) is 0 Å². The van der Waals surface area contributed by atoms with Crippen LogP contribution in [0, 0.1) is 11.8 Å². The lowest BCUT2D eigenvalue weighted by molar-refractivity contribution is -0.145. The standard InChI is InChI=1S/C24H31NO5/c1-15-7-6-12-24(2)21(30-24)20-17(11-10-15)18(23(28)29-20)14-25-19(22(26)27)13-16-8-4-3-5-9-16/h3-5,7-9,17-21,25H,6,10-14H2,1-2H3,(H,26,27)/b15-7+/t17-,18-,19-,20-,21+,24+/m0/s1. The number of hydrogen-bond acceptors (Lipinski definition) is 5. The molecule has 0 spiro atoms. The van der Waals surface area contributed by atoms with Crippen molar-refractivity contribution in [2.24, 2.45) is 11.8 Å². The van der Waals surface area contributed by atoms with Crippen molar-refractivity contribution in [2.45, 2.75) is 69.8 Å². The SMILES string of the molecule is C/C1=C\CC[C@@]2(C)O[C@@H]2[C@H]2OC(=O)[C@@H](CN[C@@H](Cc3ccccc3)C(=O)O)[C@@H]2CC1. The Kier molecular flexibility index (Phi) is 5.98. The monoisotopic (exact) mass is 413 g/mol. The second-order valence-electron chi connectivity index (χ2n) is 9.14. The number of carboxylic acids is 1. The fourth-order valence-electron chi connectivity index (χ4n) is 4.94. The van der Waals surface area contributed by atoms with Gasteiger partial charge in [-0.05, 0) is 51.5 Å². The summed E-state index contributed by atoms with van der Waals surface area (Å²) in [6.45, 7) is 4.53. The molecule has 1 aliphatic carbocycles. The summed E-state index contributed by atoms with van der Waals surface area (Å²) in [7, 11) is 0. The van der Waals surface area contributed by atoms with Crippen LogP contribution in [-0.2, 0) is 25.5 Å². The number of carbonyl (C=O) groups is 2. The zero-order valence-electron chi connectivity index (χ0n) is 17.7. The number of carboxylic acid groups (broad SMARTS) is 1. The molecule has 2 saturated heterocycles. The highest BCUT2D eigenvalue weighted by molar-refractivity contribution is 5.77. The summed E-state index contributed by atoms with van der Waals surface area (Å²) >= 11 is 0. The molecular weight excluding hydrogens is 382 g/mol. The molecule has 0 amide bonds. The predicted octanol–water partition coefficient (Wildman–Crippen LogP) is 3.11. The highest BCUT2D eigenvalue weighted by atomic mass is 16.6. The third-order valence-corrected chi connectivity index (χ3v) is 6.90. The lowest BCUT2D eigenvalue weighted by Gasteiger charge is -2.23. The molecule has 1 aromatic rings. The molecule has 2 fully saturated rings. The molecule has 2 heterocycles. The van der Waals surface area contributed by atoms with Crippen molar-refractivity contribution in [2.75, 3.05) is 6.54 Å². The van der Waals surface area contributed by atoms with Gasteiger partial charge in [0.15, 0.2) is 0 Å². The number of nitrogens with one attached hydrogen (secondary N) is 1. The minimum atomic E-state index is -0.912. The van der Waals surface area contributed by atoms with Crippen molar-refractivity contribution in [1.29, 1.82) is 0 Å². The van der Waals surface area contributed by atoms with E-state index in [0.717, 1.165) is 31.2 Å². The molecule has 6 nitrogen and oxygen atoms in total. The van der Waals surface area contributed by atoms with Gasteiger partial charge < -0.3 is 19.9 Å². The summed E-state index contributed by atoms with van der Waals surface area (Å²) < 4.78 is 11.8. The third kappa shape index (κ3) is 4.44. The topological polar surface area (TPSA) is 88.2 Å². The van der Waals surface area contributed by atoms with E-state index in [4.69, 9.17) is 9.47 Å². The highest BCUT2D eigenvalue weighted by Crippen LogP contribution is 2.50. The van der Waals surface area contributed by atoms with Crippen molar-refractivity contribution < 1.29 is 24.2 Å². The predicted molar refractivity (Wildman–Crippen MR) is 112 cm³/mol. The van der Waals surface area contributed by atoms with Gasteiger partial charge in [-0.15, -0.1) is 0 Å². The van der Waals surface area contributed by atoms with E-state index in [1.165, 1.54) is 5.57 Å². The molecule has 1 aromatic carbocycles. The summed E-state index contributed by atoms with van der Waals surface area (Å²) in [5.74, 6) is -1.47. The van der Waals surface area contributed by atoms with E-state index in [-0.39, 0.29) is 35.6 Å². The number of benzene rings is 1. The fraction of sp³-hybridized carbons (Fsp3) is 0.583. The van der Waals surface area contributed by atoms with Crippen LogP contribution in [-0.4, -0.2) is 47.4 Å². The van der Waals surface area contributed by atoms with Crippen LogP contribution >= 0.6 is 0 Å². The second-order valence-corrected chi connectivity index (χ2v) is 9.14. The van der Waals surface area contributed by atoms with Gasteiger partial charge in [-0.2, -0.15) is 0 Å². The van der Waals surface area contributed by atoms with E-state index in [9.17, 15) is 14.7 Å². The number of epoxide rings is 1. The number of carbonyl (C=O) groups excluding carboxylic acids is 1. The molecule has 0 saturated carbocycles. The first-order valence-corrected chi connectivity index (χ1v) is 10.9.